The van der Waals surface area contributed by atoms with Gasteiger partial charge in [-0.25, -0.2) is 0 Å². The fourth-order valence-corrected chi connectivity index (χ4v) is 2.46. The van der Waals surface area contributed by atoms with E-state index in [2.05, 4.69) is 27.7 Å². The molecule has 0 aliphatic carbocycles. The quantitative estimate of drug-likeness (QED) is 0.654. The van der Waals surface area contributed by atoms with E-state index in [1.807, 2.05) is 0 Å². The monoisotopic (exact) mass is 171 g/mol. The summed E-state index contributed by atoms with van der Waals surface area (Å²) in [6, 6.07) is 0. The second-order valence-electron chi connectivity index (χ2n) is 5.13. The van der Waals surface area contributed by atoms with Crippen LogP contribution in [0.25, 0.3) is 0 Å². The molecule has 0 unspecified atom stereocenters. The molecule has 0 aromatic heterocycles. The van der Waals surface area contributed by atoms with E-state index in [1.165, 1.54) is 0 Å². The van der Waals surface area contributed by atoms with Gasteiger partial charge in [0.15, 0.2) is 0 Å². The van der Waals surface area contributed by atoms with Crippen molar-refractivity contribution in [2.24, 2.45) is 11.7 Å². The summed E-state index contributed by atoms with van der Waals surface area (Å²) in [4.78, 5) is 0. The lowest BCUT2D eigenvalue weighted by Gasteiger charge is -2.45. The Hall–Kier alpha value is -0.0800. The summed E-state index contributed by atoms with van der Waals surface area (Å²) >= 11 is 0. The Labute approximate surface area is 75.5 Å². The standard InChI is InChI=1S/C10H21NO/c1-9(2)5-8(7-11)6-10(3,4)12-9/h8H,5-7,11H2,1-4H3. The normalized spacial score (nSPS) is 28.8. The van der Waals surface area contributed by atoms with Gasteiger partial charge in [0.1, 0.15) is 0 Å². The molecular weight excluding hydrogens is 150 g/mol. The van der Waals surface area contributed by atoms with Crippen LogP contribution >= 0.6 is 0 Å². The summed E-state index contributed by atoms with van der Waals surface area (Å²) in [5, 5.41) is 0. The maximum atomic E-state index is 5.94. The van der Waals surface area contributed by atoms with Gasteiger partial charge in [0.05, 0.1) is 11.2 Å². The van der Waals surface area contributed by atoms with Crippen LogP contribution in [-0.2, 0) is 4.74 Å². The zero-order valence-corrected chi connectivity index (χ0v) is 8.68. The minimum absolute atomic E-state index is 0.00574. The van der Waals surface area contributed by atoms with Gasteiger partial charge in [0.2, 0.25) is 0 Å². The molecule has 1 rings (SSSR count). The molecule has 0 amide bonds. The van der Waals surface area contributed by atoms with Gasteiger partial charge < -0.3 is 10.5 Å². The Morgan fingerprint density at radius 2 is 1.58 bits per heavy atom. The fourth-order valence-electron chi connectivity index (χ4n) is 2.46. The van der Waals surface area contributed by atoms with E-state index in [-0.39, 0.29) is 11.2 Å². The molecule has 0 aromatic rings. The third-order valence-corrected chi connectivity index (χ3v) is 2.45. The van der Waals surface area contributed by atoms with Gasteiger partial charge in [-0.05, 0) is 53.0 Å². The molecule has 2 nitrogen and oxygen atoms in total. The summed E-state index contributed by atoms with van der Waals surface area (Å²) in [5.74, 6) is 0.628. The third kappa shape index (κ3) is 2.46. The fraction of sp³-hybridized carbons (Fsp3) is 1.00. The highest BCUT2D eigenvalue weighted by molar-refractivity contribution is 4.88. The van der Waals surface area contributed by atoms with Crippen molar-refractivity contribution in [3.8, 4) is 0 Å². The molecule has 0 saturated carbocycles. The lowest BCUT2D eigenvalue weighted by Crippen LogP contribution is -2.46. The topological polar surface area (TPSA) is 35.2 Å². The summed E-state index contributed by atoms with van der Waals surface area (Å²) in [5.41, 5.74) is 5.70. The highest BCUT2D eigenvalue weighted by Gasteiger charge is 2.38. The van der Waals surface area contributed by atoms with Crippen LogP contribution < -0.4 is 5.73 Å². The summed E-state index contributed by atoms with van der Waals surface area (Å²) in [6.07, 6.45) is 2.18. The predicted octanol–water partition coefficient (Wildman–Crippen LogP) is 1.93. The molecule has 0 bridgehead atoms. The van der Waals surface area contributed by atoms with Crippen LogP contribution in [0.4, 0.5) is 0 Å². The molecule has 0 aromatic carbocycles. The molecule has 1 aliphatic rings. The SMILES string of the molecule is CC1(C)CC(CN)CC(C)(C)O1. The van der Waals surface area contributed by atoms with Crippen LogP contribution in [-0.4, -0.2) is 17.7 Å². The van der Waals surface area contributed by atoms with Crippen molar-refractivity contribution in [2.75, 3.05) is 6.54 Å². The van der Waals surface area contributed by atoms with E-state index in [9.17, 15) is 0 Å². The number of nitrogens with two attached hydrogens (primary N) is 1. The lowest BCUT2D eigenvalue weighted by molar-refractivity contribution is -0.171. The Morgan fingerprint density at radius 1 is 1.17 bits per heavy atom. The predicted molar refractivity (Wildman–Crippen MR) is 51.0 cm³/mol. The first-order valence-electron chi connectivity index (χ1n) is 4.75. The van der Waals surface area contributed by atoms with Gasteiger partial charge >= 0.3 is 0 Å². The molecule has 2 N–H and O–H groups in total. The molecule has 2 heteroatoms. The first-order valence-corrected chi connectivity index (χ1v) is 4.75. The van der Waals surface area contributed by atoms with Crippen molar-refractivity contribution in [1.29, 1.82) is 0 Å². The van der Waals surface area contributed by atoms with E-state index < -0.39 is 0 Å². The second-order valence-corrected chi connectivity index (χ2v) is 5.13. The zero-order chi connectivity index (χ0) is 9.41. The van der Waals surface area contributed by atoms with Gasteiger partial charge in [-0.2, -0.15) is 0 Å². The first kappa shape index (κ1) is 10.0. The zero-order valence-electron chi connectivity index (χ0n) is 8.68. The Morgan fingerprint density at radius 3 is 1.92 bits per heavy atom. The molecule has 72 valence electrons. The van der Waals surface area contributed by atoms with Crippen molar-refractivity contribution < 1.29 is 4.74 Å². The van der Waals surface area contributed by atoms with Crippen LogP contribution in [0.2, 0.25) is 0 Å². The lowest BCUT2D eigenvalue weighted by atomic mass is 9.81. The summed E-state index contributed by atoms with van der Waals surface area (Å²) in [6.45, 7) is 9.39. The average molecular weight is 171 g/mol. The van der Waals surface area contributed by atoms with E-state index in [1.54, 1.807) is 0 Å². The Balaban J connectivity index is 2.66. The largest absolute Gasteiger partial charge is 0.370 e. The molecule has 12 heavy (non-hydrogen) atoms. The van der Waals surface area contributed by atoms with Crippen LogP contribution in [0.3, 0.4) is 0 Å². The van der Waals surface area contributed by atoms with Crippen molar-refractivity contribution in [3.63, 3.8) is 0 Å². The minimum atomic E-state index is 0.00574. The molecule has 1 heterocycles. The van der Waals surface area contributed by atoms with Gasteiger partial charge in [-0.15, -0.1) is 0 Å². The van der Waals surface area contributed by atoms with Crippen LogP contribution in [0, 0.1) is 5.92 Å². The first-order chi connectivity index (χ1) is 5.35. The van der Waals surface area contributed by atoms with Gasteiger partial charge in [0.25, 0.3) is 0 Å². The molecule has 1 saturated heterocycles. The minimum Gasteiger partial charge on any atom is -0.370 e. The molecule has 0 radical (unpaired) electrons. The Kier molecular flexibility index (Phi) is 2.50. The van der Waals surface area contributed by atoms with Crippen molar-refractivity contribution >= 4 is 0 Å². The molecule has 0 atom stereocenters. The molecule has 1 aliphatic heterocycles. The highest BCUT2D eigenvalue weighted by atomic mass is 16.5. The van der Waals surface area contributed by atoms with Crippen LogP contribution in [0.5, 0.6) is 0 Å². The maximum absolute atomic E-state index is 5.94. The molecule has 0 spiro atoms. The van der Waals surface area contributed by atoms with Crippen LogP contribution in [0.1, 0.15) is 40.5 Å². The van der Waals surface area contributed by atoms with Gasteiger partial charge in [-0.3, -0.25) is 0 Å². The smallest absolute Gasteiger partial charge is 0.0636 e. The highest BCUT2D eigenvalue weighted by Crippen LogP contribution is 2.37. The molecule has 1 fully saturated rings. The van der Waals surface area contributed by atoms with Gasteiger partial charge in [-0.1, -0.05) is 0 Å². The van der Waals surface area contributed by atoms with E-state index in [4.69, 9.17) is 10.5 Å². The summed E-state index contributed by atoms with van der Waals surface area (Å²) < 4.78 is 5.94. The van der Waals surface area contributed by atoms with E-state index in [0.717, 1.165) is 19.4 Å². The maximum Gasteiger partial charge on any atom is 0.0636 e. The third-order valence-electron chi connectivity index (χ3n) is 2.45. The number of hydrogen-bond donors (Lipinski definition) is 1. The Bertz CT molecular complexity index is 147. The van der Waals surface area contributed by atoms with Crippen molar-refractivity contribution in [1.82, 2.24) is 0 Å². The van der Waals surface area contributed by atoms with Crippen LogP contribution in [0.15, 0.2) is 0 Å². The van der Waals surface area contributed by atoms with Crippen molar-refractivity contribution in [3.05, 3.63) is 0 Å². The van der Waals surface area contributed by atoms with E-state index >= 15 is 0 Å². The number of ether oxygens (including phenoxy) is 1. The van der Waals surface area contributed by atoms with Gasteiger partial charge in [0, 0.05) is 0 Å². The molecular formula is C10H21NO. The number of hydrogen-bond acceptors (Lipinski definition) is 2. The average Bonchev–Trinajstić information content (AvgIpc) is 1.80. The second kappa shape index (κ2) is 3.00. The van der Waals surface area contributed by atoms with Crippen molar-refractivity contribution in [2.45, 2.75) is 51.7 Å². The summed E-state index contributed by atoms with van der Waals surface area (Å²) in [7, 11) is 0. The van der Waals surface area contributed by atoms with E-state index in [0.29, 0.717) is 5.92 Å². The number of rotatable bonds is 1.